The molecule has 4 nitrogen and oxygen atoms in total. The van der Waals surface area contributed by atoms with Crippen LogP contribution in [0.25, 0.3) is 16.7 Å². The number of nitrogens with one attached hydrogen (secondary N) is 1. The lowest BCUT2D eigenvalue weighted by atomic mass is 9.81. The molecule has 2 aromatic carbocycles. The van der Waals surface area contributed by atoms with Gasteiger partial charge in [0.2, 0.25) is 0 Å². The van der Waals surface area contributed by atoms with E-state index in [4.69, 9.17) is 9.47 Å². The average Bonchev–Trinajstić information content (AvgIpc) is 2.64. The van der Waals surface area contributed by atoms with Crippen molar-refractivity contribution in [2.24, 2.45) is 0 Å². The fourth-order valence-corrected chi connectivity index (χ4v) is 4.50. The van der Waals surface area contributed by atoms with E-state index in [0.29, 0.717) is 5.75 Å². The molecule has 1 unspecified atom stereocenters. The van der Waals surface area contributed by atoms with E-state index in [1.165, 1.54) is 11.1 Å². The van der Waals surface area contributed by atoms with E-state index >= 15 is 0 Å². The van der Waals surface area contributed by atoms with Crippen LogP contribution in [0.4, 0.5) is 5.69 Å². The highest BCUT2D eigenvalue weighted by Crippen LogP contribution is 2.54. The zero-order chi connectivity index (χ0) is 20.1. The molecule has 0 aromatic heterocycles. The second-order valence-electron chi connectivity index (χ2n) is 8.09. The van der Waals surface area contributed by atoms with E-state index in [-0.39, 0.29) is 17.4 Å². The van der Waals surface area contributed by atoms with Gasteiger partial charge in [0.15, 0.2) is 11.5 Å². The van der Waals surface area contributed by atoms with Gasteiger partial charge in [-0.25, -0.2) is 0 Å². The Balaban J connectivity index is 2.01. The summed E-state index contributed by atoms with van der Waals surface area (Å²) in [5.74, 6) is 1.30. The minimum absolute atomic E-state index is 0.0870. The largest absolute Gasteiger partial charge is 0.504 e. The minimum atomic E-state index is -0.106. The van der Waals surface area contributed by atoms with Gasteiger partial charge in [-0.1, -0.05) is 18.2 Å². The monoisotopic (exact) mass is 377 g/mol. The van der Waals surface area contributed by atoms with Crippen molar-refractivity contribution in [1.29, 1.82) is 0 Å². The maximum Gasteiger partial charge on any atom is 0.172 e. The number of hydrogen-bond acceptors (Lipinski definition) is 4. The van der Waals surface area contributed by atoms with E-state index in [2.05, 4.69) is 50.9 Å². The second kappa shape index (κ2) is 6.62. The summed E-state index contributed by atoms with van der Waals surface area (Å²) < 4.78 is 12.0. The Morgan fingerprint density at radius 2 is 2.04 bits per heavy atom. The third-order valence-electron chi connectivity index (χ3n) is 5.47. The van der Waals surface area contributed by atoms with Gasteiger partial charge in [0.25, 0.3) is 0 Å². The predicted molar refractivity (Wildman–Crippen MR) is 114 cm³/mol. The number of phenols is 1. The van der Waals surface area contributed by atoms with Crippen molar-refractivity contribution in [3.8, 4) is 28.4 Å². The number of phenolic OH excluding ortho intramolecular Hbond substituents is 1. The SMILES string of the molecule is C=CCCC1Oc2ccc(O)c(OC)c2-c2ccc3c(c21)C(C)=CC(C)(C)N3. The Kier molecular flexibility index (Phi) is 4.37. The molecule has 2 aliphatic rings. The normalized spacial score (nSPS) is 18.6. The van der Waals surface area contributed by atoms with Crippen molar-refractivity contribution < 1.29 is 14.6 Å². The summed E-state index contributed by atoms with van der Waals surface area (Å²) in [5.41, 5.74) is 6.42. The zero-order valence-corrected chi connectivity index (χ0v) is 16.9. The van der Waals surface area contributed by atoms with Crippen LogP contribution in [0.2, 0.25) is 0 Å². The molecule has 0 radical (unpaired) electrons. The number of benzene rings is 2. The summed E-state index contributed by atoms with van der Waals surface area (Å²) in [6, 6.07) is 7.68. The minimum Gasteiger partial charge on any atom is -0.504 e. The van der Waals surface area contributed by atoms with Crippen molar-refractivity contribution in [3.63, 3.8) is 0 Å². The third-order valence-corrected chi connectivity index (χ3v) is 5.47. The van der Waals surface area contributed by atoms with Crippen LogP contribution in [0.3, 0.4) is 0 Å². The lowest BCUT2D eigenvalue weighted by molar-refractivity contribution is 0.191. The first-order valence-corrected chi connectivity index (χ1v) is 9.69. The van der Waals surface area contributed by atoms with Crippen LogP contribution in [0, 0.1) is 0 Å². The van der Waals surface area contributed by atoms with E-state index in [1.54, 1.807) is 13.2 Å². The van der Waals surface area contributed by atoms with Crippen molar-refractivity contribution in [2.75, 3.05) is 12.4 Å². The molecule has 4 rings (SSSR count). The highest BCUT2D eigenvalue weighted by molar-refractivity contribution is 5.92. The van der Waals surface area contributed by atoms with Crippen LogP contribution in [-0.2, 0) is 0 Å². The molecule has 0 amide bonds. The standard InChI is InChI=1S/C24H27NO3/c1-6-7-8-18-21-15(22-19(28-18)12-11-17(26)23(22)27-5)9-10-16-20(21)14(2)13-24(3,4)25-16/h6,9-13,18,25-26H,1,7-8H2,2-5H3. The third kappa shape index (κ3) is 2.84. The summed E-state index contributed by atoms with van der Waals surface area (Å²) in [4.78, 5) is 0. The first kappa shape index (κ1) is 18.5. The zero-order valence-electron chi connectivity index (χ0n) is 16.9. The van der Waals surface area contributed by atoms with Gasteiger partial charge in [-0.3, -0.25) is 0 Å². The van der Waals surface area contributed by atoms with Gasteiger partial charge in [-0.15, -0.1) is 6.58 Å². The Bertz CT molecular complexity index is 988. The molecular weight excluding hydrogens is 350 g/mol. The Morgan fingerprint density at radius 1 is 1.25 bits per heavy atom. The van der Waals surface area contributed by atoms with Crippen LogP contribution in [0.1, 0.15) is 50.8 Å². The number of methoxy groups -OCH3 is 1. The lowest BCUT2D eigenvalue weighted by Gasteiger charge is -2.37. The predicted octanol–water partition coefficient (Wildman–Crippen LogP) is 6.07. The number of fused-ring (bicyclic) bond motifs is 5. The summed E-state index contributed by atoms with van der Waals surface area (Å²) in [6.45, 7) is 10.4. The molecule has 0 spiro atoms. The van der Waals surface area contributed by atoms with Crippen LogP contribution < -0.4 is 14.8 Å². The van der Waals surface area contributed by atoms with E-state index in [9.17, 15) is 5.11 Å². The van der Waals surface area contributed by atoms with Crippen molar-refractivity contribution >= 4 is 11.3 Å². The molecule has 2 heterocycles. The van der Waals surface area contributed by atoms with E-state index in [1.807, 2.05) is 12.1 Å². The van der Waals surface area contributed by atoms with E-state index < -0.39 is 0 Å². The summed E-state index contributed by atoms with van der Waals surface area (Å²) in [6.07, 6.45) is 5.80. The molecule has 0 fully saturated rings. The molecule has 2 aliphatic heterocycles. The first-order valence-electron chi connectivity index (χ1n) is 9.69. The highest BCUT2D eigenvalue weighted by atomic mass is 16.5. The summed E-state index contributed by atoms with van der Waals surface area (Å²) in [7, 11) is 1.58. The molecule has 0 saturated carbocycles. The fraction of sp³-hybridized carbons (Fsp3) is 0.333. The van der Waals surface area contributed by atoms with Gasteiger partial charge < -0.3 is 19.9 Å². The Morgan fingerprint density at radius 3 is 2.75 bits per heavy atom. The van der Waals surface area contributed by atoms with Gasteiger partial charge in [0.05, 0.1) is 18.2 Å². The molecular formula is C24H27NO3. The molecule has 2 N–H and O–H groups in total. The topological polar surface area (TPSA) is 50.7 Å². The number of rotatable bonds is 4. The maximum absolute atomic E-state index is 10.3. The molecule has 1 atom stereocenters. The van der Waals surface area contributed by atoms with Gasteiger partial charge in [0.1, 0.15) is 11.9 Å². The van der Waals surface area contributed by atoms with Gasteiger partial charge in [0, 0.05) is 16.8 Å². The summed E-state index contributed by atoms with van der Waals surface area (Å²) in [5, 5.41) is 14.0. The number of allylic oxidation sites excluding steroid dienone is 2. The molecule has 28 heavy (non-hydrogen) atoms. The molecule has 0 bridgehead atoms. The van der Waals surface area contributed by atoms with Crippen LogP contribution in [-0.4, -0.2) is 17.8 Å². The first-order chi connectivity index (χ1) is 13.4. The molecule has 4 heteroatoms. The maximum atomic E-state index is 10.3. The van der Waals surface area contributed by atoms with Gasteiger partial charge in [-0.05, 0) is 62.9 Å². The Hall–Kier alpha value is -2.88. The Labute approximate surface area is 166 Å². The quantitative estimate of drug-likeness (QED) is 0.635. The van der Waals surface area contributed by atoms with Crippen LogP contribution in [0.5, 0.6) is 17.2 Å². The molecule has 146 valence electrons. The molecule has 0 saturated heterocycles. The van der Waals surface area contributed by atoms with Crippen molar-refractivity contribution in [1.82, 2.24) is 0 Å². The molecule has 2 aromatic rings. The number of anilines is 1. The number of ether oxygens (including phenoxy) is 2. The van der Waals surface area contributed by atoms with Crippen molar-refractivity contribution in [2.45, 2.75) is 45.3 Å². The smallest absolute Gasteiger partial charge is 0.172 e. The average molecular weight is 377 g/mol. The second-order valence-corrected chi connectivity index (χ2v) is 8.09. The molecule has 0 aliphatic carbocycles. The van der Waals surface area contributed by atoms with Crippen LogP contribution in [0.15, 0.2) is 43.0 Å². The number of hydrogen-bond donors (Lipinski definition) is 2. The summed E-state index contributed by atoms with van der Waals surface area (Å²) >= 11 is 0. The number of aromatic hydroxyl groups is 1. The van der Waals surface area contributed by atoms with Gasteiger partial charge in [-0.2, -0.15) is 0 Å². The highest BCUT2D eigenvalue weighted by Gasteiger charge is 2.35. The lowest BCUT2D eigenvalue weighted by Crippen LogP contribution is -2.32. The van der Waals surface area contributed by atoms with Gasteiger partial charge >= 0.3 is 0 Å². The van der Waals surface area contributed by atoms with Crippen LogP contribution >= 0.6 is 0 Å². The fourth-order valence-electron chi connectivity index (χ4n) is 4.50. The van der Waals surface area contributed by atoms with Crippen molar-refractivity contribution in [3.05, 3.63) is 54.1 Å². The van der Waals surface area contributed by atoms with E-state index in [0.717, 1.165) is 41.0 Å².